The number of hydrogen-bond donors (Lipinski definition) is 0. The zero-order valence-corrected chi connectivity index (χ0v) is 10.8. The molecule has 0 radical (unpaired) electrons. The maximum absolute atomic E-state index is 3.77. The molecule has 0 amide bonds. The predicted octanol–water partition coefficient (Wildman–Crippen LogP) is -0.0338. The van der Waals surface area contributed by atoms with Crippen molar-refractivity contribution < 1.29 is 16.9 Å². The maximum Gasteiger partial charge on any atom is 0.0975 e. The highest BCUT2D eigenvalue weighted by Crippen LogP contribution is 2.03. The van der Waals surface area contributed by atoms with Gasteiger partial charge in [0.2, 0.25) is 0 Å². The van der Waals surface area contributed by atoms with Crippen LogP contribution in [-0.2, 0) is 0 Å². The molecule has 0 bridgehead atoms. The highest BCUT2D eigenvalue weighted by Gasteiger charge is 2.08. The van der Waals surface area contributed by atoms with Crippen molar-refractivity contribution in [3.8, 4) is 0 Å². The Balaban J connectivity index is 0.00000225. The van der Waals surface area contributed by atoms with Crippen LogP contribution in [0.15, 0.2) is 49.1 Å². The Bertz CT molecular complexity index is 328. The van der Waals surface area contributed by atoms with E-state index in [1.807, 2.05) is 12.1 Å². The molecule has 16 heavy (non-hydrogen) atoms. The lowest BCUT2D eigenvalue weighted by Crippen LogP contribution is -3.00. The molecule has 0 spiro atoms. The minimum Gasteiger partial charge on any atom is -1.00 e. The summed E-state index contributed by atoms with van der Waals surface area (Å²) in [4.78, 5) is 0. The van der Waals surface area contributed by atoms with Gasteiger partial charge in [-0.1, -0.05) is 43.0 Å². The summed E-state index contributed by atoms with van der Waals surface area (Å²) in [6.07, 6.45) is 6.36. The summed E-state index contributed by atoms with van der Waals surface area (Å²) < 4.78 is 0.951. The first kappa shape index (κ1) is 14.9. The molecule has 0 heterocycles. The molecular formula is C14H20ClN. The number of halogens is 1. The van der Waals surface area contributed by atoms with Crippen LogP contribution in [0, 0.1) is 0 Å². The van der Waals surface area contributed by atoms with Crippen LogP contribution in [0.5, 0.6) is 0 Å². The molecule has 1 rings (SSSR count). The molecule has 88 valence electrons. The Morgan fingerprint density at radius 3 is 2.31 bits per heavy atom. The number of hydrogen-bond acceptors (Lipinski definition) is 0. The molecule has 0 atom stereocenters. The minimum atomic E-state index is 0. The Morgan fingerprint density at radius 2 is 1.75 bits per heavy atom. The van der Waals surface area contributed by atoms with Gasteiger partial charge in [-0.05, 0) is 17.7 Å². The first-order chi connectivity index (χ1) is 7.14. The summed E-state index contributed by atoms with van der Waals surface area (Å²) in [5, 5.41) is 0. The molecule has 0 aliphatic heterocycles. The van der Waals surface area contributed by atoms with E-state index in [4.69, 9.17) is 0 Å². The summed E-state index contributed by atoms with van der Waals surface area (Å²) in [7, 11) is 4.41. The molecule has 0 N–H and O–H groups in total. The molecule has 1 aromatic carbocycles. The maximum atomic E-state index is 3.77. The van der Waals surface area contributed by atoms with Crippen LogP contribution in [0.25, 0.3) is 6.08 Å². The average molecular weight is 238 g/mol. The van der Waals surface area contributed by atoms with Gasteiger partial charge in [-0.25, -0.2) is 0 Å². The van der Waals surface area contributed by atoms with Crippen LogP contribution >= 0.6 is 0 Å². The smallest absolute Gasteiger partial charge is 0.0975 e. The highest BCUT2D eigenvalue weighted by atomic mass is 35.5. The second-order valence-electron chi connectivity index (χ2n) is 4.40. The van der Waals surface area contributed by atoms with Crippen LogP contribution in [0.4, 0.5) is 0 Å². The quantitative estimate of drug-likeness (QED) is 0.498. The van der Waals surface area contributed by atoms with E-state index in [1.165, 1.54) is 5.56 Å². The van der Waals surface area contributed by atoms with Crippen molar-refractivity contribution in [1.82, 2.24) is 0 Å². The van der Waals surface area contributed by atoms with Crippen LogP contribution < -0.4 is 12.4 Å². The molecule has 0 aliphatic carbocycles. The SMILES string of the molecule is C=CC[N+](C)(C)CC=Cc1ccccc1.[Cl-]. The number of likely N-dealkylation sites (N-methyl/N-ethyl adjacent to an activating group) is 1. The molecule has 0 fully saturated rings. The van der Waals surface area contributed by atoms with E-state index in [9.17, 15) is 0 Å². The fraction of sp³-hybridized carbons (Fsp3) is 0.286. The Morgan fingerprint density at radius 1 is 1.12 bits per heavy atom. The summed E-state index contributed by atoms with van der Waals surface area (Å²) in [5.41, 5.74) is 1.26. The van der Waals surface area contributed by atoms with E-state index < -0.39 is 0 Å². The van der Waals surface area contributed by atoms with Gasteiger partial charge in [0.25, 0.3) is 0 Å². The Kier molecular flexibility index (Phi) is 6.78. The molecule has 1 aromatic rings. The van der Waals surface area contributed by atoms with Crippen molar-refractivity contribution in [2.45, 2.75) is 0 Å². The molecular weight excluding hydrogens is 218 g/mol. The molecule has 0 aliphatic rings. The van der Waals surface area contributed by atoms with Gasteiger partial charge in [-0.15, -0.1) is 0 Å². The van der Waals surface area contributed by atoms with E-state index in [0.29, 0.717) is 0 Å². The van der Waals surface area contributed by atoms with Gasteiger partial charge in [-0.3, -0.25) is 0 Å². The number of rotatable bonds is 5. The lowest BCUT2D eigenvalue weighted by Gasteiger charge is -2.26. The van der Waals surface area contributed by atoms with Gasteiger partial charge in [0.1, 0.15) is 0 Å². The molecule has 2 heteroatoms. The Labute approximate surface area is 105 Å². The largest absolute Gasteiger partial charge is 1.00 e. The van der Waals surface area contributed by atoms with E-state index in [1.54, 1.807) is 0 Å². The monoisotopic (exact) mass is 237 g/mol. The molecule has 0 aromatic heterocycles. The van der Waals surface area contributed by atoms with Gasteiger partial charge in [0.05, 0.1) is 27.2 Å². The first-order valence-corrected chi connectivity index (χ1v) is 5.28. The van der Waals surface area contributed by atoms with Crippen molar-refractivity contribution in [2.24, 2.45) is 0 Å². The number of quaternary nitrogens is 1. The van der Waals surface area contributed by atoms with Crippen LogP contribution in [-0.4, -0.2) is 31.7 Å². The molecule has 0 unspecified atom stereocenters. The van der Waals surface area contributed by atoms with Crippen LogP contribution in [0.2, 0.25) is 0 Å². The van der Waals surface area contributed by atoms with Gasteiger partial charge in [0, 0.05) is 0 Å². The van der Waals surface area contributed by atoms with Crippen molar-refractivity contribution in [3.63, 3.8) is 0 Å². The molecule has 0 saturated carbocycles. The van der Waals surface area contributed by atoms with E-state index in [2.05, 4.69) is 57.1 Å². The summed E-state index contributed by atoms with van der Waals surface area (Å²) in [6, 6.07) is 10.4. The third-order valence-corrected chi connectivity index (χ3v) is 2.33. The Hall–Kier alpha value is -1.05. The average Bonchev–Trinajstić information content (AvgIpc) is 2.19. The number of nitrogens with zero attached hydrogens (tertiary/aromatic N) is 1. The van der Waals surface area contributed by atoms with Gasteiger partial charge < -0.3 is 16.9 Å². The standard InChI is InChI=1S/C14H20N.ClH/c1-4-12-15(2,3)13-8-11-14-9-6-5-7-10-14;/h4-11H,1,12-13H2,2-3H3;1H/q+1;/p-1. The first-order valence-electron chi connectivity index (χ1n) is 5.28. The molecule has 0 saturated heterocycles. The van der Waals surface area contributed by atoms with E-state index in [0.717, 1.165) is 17.6 Å². The van der Waals surface area contributed by atoms with Crippen molar-refractivity contribution in [2.75, 3.05) is 27.2 Å². The van der Waals surface area contributed by atoms with E-state index in [-0.39, 0.29) is 12.4 Å². The van der Waals surface area contributed by atoms with Crippen LogP contribution in [0.3, 0.4) is 0 Å². The zero-order chi connectivity index (χ0) is 11.1. The highest BCUT2D eigenvalue weighted by molar-refractivity contribution is 5.48. The third kappa shape index (κ3) is 5.74. The fourth-order valence-electron chi connectivity index (χ4n) is 1.46. The van der Waals surface area contributed by atoms with Crippen molar-refractivity contribution in [3.05, 3.63) is 54.6 Å². The molecule has 1 nitrogen and oxygen atoms in total. The normalized spacial score (nSPS) is 11.1. The van der Waals surface area contributed by atoms with Gasteiger partial charge in [0.15, 0.2) is 0 Å². The number of benzene rings is 1. The summed E-state index contributed by atoms with van der Waals surface area (Å²) >= 11 is 0. The van der Waals surface area contributed by atoms with E-state index >= 15 is 0 Å². The van der Waals surface area contributed by atoms with Crippen molar-refractivity contribution >= 4 is 6.08 Å². The van der Waals surface area contributed by atoms with Gasteiger partial charge in [-0.2, -0.15) is 0 Å². The third-order valence-electron chi connectivity index (χ3n) is 2.33. The lowest BCUT2D eigenvalue weighted by atomic mass is 10.2. The lowest BCUT2D eigenvalue weighted by molar-refractivity contribution is -0.878. The minimum absolute atomic E-state index is 0. The van der Waals surface area contributed by atoms with Crippen molar-refractivity contribution in [1.29, 1.82) is 0 Å². The fourth-order valence-corrected chi connectivity index (χ4v) is 1.46. The zero-order valence-electron chi connectivity index (χ0n) is 10.1. The van der Waals surface area contributed by atoms with Crippen LogP contribution in [0.1, 0.15) is 5.56 Å². The topological polar surface area (TPSA) is 0 Å². The predicted molar refractivity (Wildman–Crippen MR) is 67.5 cm³/mol. The summed E-state index contributed by atoms with van der Waals surface area (Å²) in [5.74, 6) is 0. The second-order valence-corrected chi connectivity index (χ2v) is 4.40. The van der Waals surface area contributed by atoms with Gasteiger partial charge >= 0.3 is 0 Å². The second kappa shape index (κ2) is 7.26. The summed E-state index contributed by atoms with van der Waals surface area (Å²) in [6.45, 7) is 5.80.